The standard InChI is InChI=1S/C24H30N2O/c1-18(2)22(27)23-24(13-15-25-16-14-24)20-10-6-7-11-21(20)26(23)17-12-19-8-4-3-5-9-19/h3-11,18,23,25H,12-17H2,1-2H3/t23-/m0/s1. The molecule has 1 fully saturated rings. The first kappa shape index (κ1) is 18.2. The van der Waals surface area contributed by atoms with Crippen molar-refractivity contribution >= 4 is 11.5 Å². The molecule has 1 saturated heterocycles. The smallest absolute Gasteiger partial charge is 0.158 e. The molecule has 2 aromatic carbocycles. The molecule has 2 aliphatic rings. The van der Waals surface area contributed by atoms with Gasteiger partial charge in [-0.2, -0.15) is 0 Å². The fraction of sp³-hybridized carbons (Fsp3) is 0.458. The second kappa shape index (κ2) is 7.47. The summed E-state index contributed by atoms with van der Waals surface area (Å²) in [6.07, 6.45) is 3.04. The third kappa shape index (κ3) is 3.19. The predicted octanol–water partition coefficient (Wildman–Crippen LogP) is 3.96. The first-order chi connectivity index (χ1) is 13.1. The van der Waals surface area contributed by atoms with Crippen LogP contribution in [0.15, 0.2) is 54.6 Å². The van der Waals surface area contributed by atoms with E-state index in [1.165, 1.54) is 16.8 Å². The number of nitrogens with zero attached hydrogens (tertiary/aromatic N) is 1. The number of ketones is 1. The first-order valence-corrected chi connectivity index (χ1v) is 10.3. The maximum Gasteiger partial charge on any atom is 0.158 e. The molecule has 2 aromatic rings. The Hall–Kier alpha value is -2.13. The molecule has 142 valence electrons. The number of piperidine rings is 1. The molecule has 3 nitrogen and oxygen atoms in total. The number of Topliss-reactive ketones (excluding diaryl/α,β-unsaturated/α-hetero) is 1. The van der Waals surface area contributed by atoms with Crippen molar-refractivity contribution in [3.8, 4) is 0 Å². The Bertz CT molecular complexity index is 793. The fourth-order valence-electron chi connectivity index (χ4n) is 5.03. The van der Waals surface area contributed by atoms with E-state index in [1.807, 2.05) is 0 Å². The van der Waals surface area contributed by atoms with Crippen LogP contribution in [0.4, 0.5) is 5.69 Å². The molecule has 0 radical (unpaired) electrons. The van der Waals surface area contributed by atoms with E-state index in [9.17, 15) is 4.79 Å². The van der Waals surface area contributed by atoms with Crippen LogP contribution < -0.4 is 10.2 Å². The van der Waals surface area contributed by atoms with E-state index in [-0.39, 0.29) is 17.4 Å². The van der Waals surface area contributed by atoms with Gasteiger partial charge in [-0.15, -0.1) is 0 Å². The van der Waals surface area contributed by atoms with E-state index in [1.54, 1.807) is 0 Å². The van der Waals surface area contributed by atoms with Gasteiger partial charge in [0, 0.05) is 23.6 Å². The predicted molar refractivity (Wildman–Crippen MR) is 111 cm³/mol. The van der Waals surface area contributed by atoms with E-state index < -0.39 is 0 Å². The number of carbonyl (C=O) groups excluding carboxylic acids is 1. The van der Waals surface area contributed by atoms with Gasteiger partial charge in [-0.3, -0.25) is 4.79 Å². The lowest BCUT2D eigenvalue weighted by Gasteiger charge is -2.42. The molecule has 1 N–H and O–H groups in total. The number of para-hydroxylation sites is 1. The Labute approximate surface area is 162 Å². The molecule has 2 aliphatic heterocycles. The highest BCUT2D eigenvalue weighted by Crippen LogP contribution is 2.51. The number of rotatable bonds is 5. The van der Waals surface area contributed by atoms with Gasteiger partial charge in [0.2, 0.25) is 0 Å². The maximum absolute atomic E-state index is 13.4. The zero-order valence-corrected chi connectivity index (χ0v) is 16.4. The highest BCUT2D eigenvalue weighted by molar-refractivity contribution is 5.93. The SMILES string of the molecule is CC(C)C(=O)[C@@H]1N(CCc2ccccc2)c2ccccc2C12CCNCC2. The molecular weight excluding hydrogens is 332 g/mol. The summed E-state index contributed by atoms with van der Waals surface area (Å²) in [5.41, 5.74) is 3.95. The molecule has 0 unspecified atom stereocenters. The van der Waals surface area contributed by atoms with Crippen LogP contribution in [0, 0.1) is 5.92 Å². The molecule has 1 atom stereocenters. The highest BCUT2D eigenvalue weighted by atomic mass is 16.1. The van der Waals surface area contributed by atoms with Gasteiger partial charge in [-0.1, -0.05) is 62.4 Å². The Morgan fingerprint density at radius 2 is 1.74 bits per heavy atom. The number of benzene rings is 2. The number of hydrogen-bond acceptors (Lipinski definition) is 3. The lowest BCUT2D eigenvalue weighted by atomic mass is 9.67. The van der Waals surface area contributed by atoms with E-state index in [0.29, 0.717) is 5.78 Å². The van der Waals surface area contributed by atoms with Gasteiger partial charge in [0.25, 0.3) is 0 Å². The van der Waals surface area contributed by atoms with Gasteiger partial charge in [-0.05, 0) is 49.5 Å². The van der Waals surface area contributed by atoms with Crippen molar-refractivity contribution in [1.82, 2.24) is 5.32 Å². The van der Waals surface area contributed by atoms with Gasteiger partial charge >= 0.3 is 0 Å². The monoisotopic (exact) mass is 362 g/mol. The van der Waals surface area contributed by atoms with Crippen molar-refractivity contribution in [1.29, 1.82) is 0 Å². The van der Waals surface area contributed by atoms with Crippen molar-refractivity contribution in [2.75, 3.05) is 24.5 Å². The van der Waals surface area contributed by atoms with E-state index in [2.05, 4.69) is 78.7 Å². The topological polar surface area (TPSA) is 32.3 Å². The van der Waals surface area contributed by atoms with Crippen LogP contribution in [-0.2, 0) is 16.6 Å². The quantitative estimate of drug-likeness (QED) is 0.874. The minimum atomic E-state index is -0.0418. The van der Waals surface area contributed by atoms with Gasteiger partial charge in [0.15, 0.2) is 5.78 Å². The lowest BCUT2D eigenvalue weighted by molar-refractivity contribution is -0.125. The summed E-state index contributed by atoms with van der Waals surface area (Å²) in [4.78, 5) is 15.9. The summed E-state index contributed by atoms with van der Waals surface area (Å²) in [7, 11) is 0. The minimum absolute atomic E-state index is 0.0410. The number of fused-ring (bicyclic) bond motifs is 2. The molecule has 0 saturated carbocycles. The number of hydrogen-bond donors (Lipinski definition) is 1. The molecule has 3 heteroatoms. The van der Waals surface area contributed by atoms with Crippen LogP contribution >= 0.6 is 0 Å². The summed E-state index contributed by atoms with van der Waals surface area (Å²) in [5, 5.41) is 3.50. The largest absolute Gasteiger partial charge is 0.360 e. The molecule has 4 rings (SSSR count). The number of nitrogens with one attached hydrogen (secondary N) is 1. The summed E-state index contributed by atoms with van der Waals surface area (Å²) in [6.45, 7) is 6.97. The second-order valence-electron chi connectivity index (χ2n) is 8.31. The number of carbonyl (C=O) groups is 1. The van der Waals surface area contributed by atoms with Gasteiger partial charge in [0.1, 0.15) is 0 Å². The van der Waals surface area contributed by atoms with Crippen LogP contribution in [0.3, 0.4) is 0 Å². The Morgan fingerprint density at radius 1 is 1.07 bits per heavy atom. The van der Waals surface area contributed by atoms with Gasteiger partial charge in [-0.25, -0.2) is 0 Å². The van der Waals surface area contributed by atoms with Crippen LogP contribution in [-0.4, -0.2) is 31.5 Å². The average molecular weight is 363 g/mol. The Kier molecular flexibility index (Phi) is 5.05. The molecule has 0 aromatic heterocycles. The van der Waals surface area contributed by atoms with Crippen LogP contribution in [0.2, 0.25) is 0 Å². The van der Waals surface area contributed by atoms with Crippen LogP contribution in [0.25, 0.3) is 0 Å². The van der Waals surface area contributed by atoms with Crippen molar-refractivity contribution in [2.24, 2.45) is 5.92 Å². The lowest BCUT2D eigenvalue weighted by Crippen LogP contribution is -2.55. The van der Waals surface area contributed by atoms with E-state index in [0.717, 1.165) is 38.9 Å². The van der Waals surface area contributed by atoms with Crippen LogP contribution in [0.1, 0.15) is 37.8 Å². The zero-order chi connectivity index (χ0) is 18.9. The fourth-order valence-corrected chi connectivity index (χ4v) is 5.03. The Balaban J connectivity index is 1.73. The molecule has 2 heterocycles. The van der Waals surface area contributed by atoms with Crippen LogP contribution in [0.5, 0.6) is 0 Å². The highest BCUT2D eigenvalue weighted by Gasteiger charge is 2.54. The molecule has 27 heavy (non-hydrogen) atoms. The third-order valence-corrected chi connectivity index (χ3v) is 6.40. The minimum Gasteiger partial charge on any atom is -0.360 e. The van der Waals surface area contributed by atoms with Crippen molar-refractivity contribution in [3.05, 3.63) is 65.7 Å². The average Bonchev–Trinajstić information content (AvgIpc) is 2.96. The van der Waals surface area contributed by atoms with Crippen molar-refractivity contribution < 1.29 is 4.79 Å². The summed E-state index contributed by atoms with van der Waals surface area (Å²) in [5.74, 6) is 0.441. The molecular formula is C24H30N2O. The molecule has 1 spiro atoms. The normalized spacial score (nSPS) is 20.9. The third-order valence-electron chi connectivity index (χ3n) is 6.40. The molecule has 0 aliphatic carbocycles. The molecule has 0 bridgehead atoms. The Morgan fingerprint density at radius 3 is 2.44 bits per heavy atom. The number of anilines is 1. The van der Waals surface area contributed by atoms with Gasteiger partial charge in [0.05, 0.1) is 6.04 Å². The van der Waals surface area contributed by atoms with Crippen molar-refractivity contribution in [3.63, 3.8) is 0 Å². The van der Waals surface area contributed by atoms with Gasteiger partial charge < -0.3 is 10.2 Å². The maximum atomic E-state index is 13.4. The summed E-state index contributed by atoms with van der Waals surface area (Å²) >= 11 is 0. The zero-order valence-electron chi connectivity index (χ0n) is 16.4. The van der Waals surface area contributed by atoms with E-state index in [4.69, 9.17) is 0 Å². The summed E-state index contributed by atoms with van der Waals surface area (Å²) in [6, 6.07) is 19.3. The summed E-state index contributed by atoms with van der Waals surface area (Å²) < 4.78 is 0. The van der Waals surface area contributed by atoms with Crippen molar-refractivity contribution in [2.45, 2.75) is 44.6 Å². The second-order valence-corrected chi connectivity index (χ2v) is 8.31. The molecule has 0 amide bonds. The van der Waals surface area contributed by atoms with E-state index >= 15 is 0 Å². The first-order valence-electron chi connectivity index (χ1n) is 10.3.